The number of halogens is 2. The average Bonchev–Trinajstić information content (AvgIpc) is 2.48. The maximum absolute atomic E-state index is 11.7. The highest BCUT2D eigenvalue weighted by Gasteiger charge is 2.14. The van der Waals surface area contributed by atoms with Crippen molar-refractivity contribution in [3.8, 4) is 11.5 Å². The van der Waals surface area contributed by atoms with Gasteiger partial charge in [-0.05, 0) is 18.2 Å². The SMILES string of the molecule is O=C(COc1ccc(Cl)cc1Cl)Nc1ncc([N+](=O)[O-])cc1O. The number of aromatic nitrogens is 1. The van der Waals surface area contributed by atoms with Gasteiger partial charge in [0.05, 0.1) is 16.0 Å². The molecule has 0 aliphatic heterocycles. The fraction of sp³-hybridized carbons (Fsp3) is 0.0769. The summed E-state index contributed by atoms with van der Waals surface area (Å²) >= 11 is 11.6. The molecule has 10 heteroatoms. The Morgan fingerprint density at radius 1 is 1.39 bits per heavy atom. The highest BCUT2D eigenvalue weighted by molar-refractivity contribution is 6.35. The number of anilines is 1. The lowest BCUT2D eigenvalue weighted by molar-refractivity contribution is -0.385. The van der Waals surface area contributed by atoms with E-state index >= 15 is 0 Å². The number of rotatable bonds is 5. The van der Waals surface area contributed by atoms with Crippen molar-refractivity contribution in [3.63, 3.8) is 0 Å². The fourth-order valence-corrected chi connectivity index (χ4v) is 2.01. The van der Waals surface area contributed by atoms with E-state index in [1.165, 1.54) is 12.1 Å². The first-order chi connectivity index (χ1) is 10.9. The summed E-state index contributed by atoms with van der Waals surface area (Å²) in [6.07, 6.45) is 0.909. The number of ether oxygens (including phenoxy) is 1. The largest absolute Gasteiger partial charge is 0.504 e. The van der Waals surface area contributed by atoms with Gasteiger partial charge in [-0.25, -0.2) is 4.98 Å². The van der Waals surface area contributed by atoms with Crippen molar-refractivity contribution in [2.24, 2.45) is 0 Å². The number of pyridine rings is 1. The minimum absolute atomic E-state index is 0.216. The van der Waals surface area contributed by atoms with Crippen LogP contribution in [0.3, 0.4) is 0 Å². The van der Waals surface area contributed by atoms with E-state index in [1.807, 2.05) is 0 Å². The number of hydrogen-bond acceptors (Lipinski definition) is 6. The lowest BCUT2D eigenvalue weighted by Crippen LogP contribution is -2.21. The smallest absolute Gasteiger partial charge is 0.291 e. The minimum Gasteiger partial charge on any atom is -0.504 e. The predicted octanol–water partition coefficient (Wildman–Crippen LogP) is 3.02. The van der Waals surface area contributed by atoms with Gasteiger partial charge in [0.2, 0.25) is 0 Å². The van der Waals surface area contributed by atoms with Crippen molar-refractivity contribution in [1.29, 1.82) is 0 Å². The number of nitrogens with one attached hydrogen (secondary N) is 1. The molecule has 0 aliphatic rings. The van der Waals surface area contributed by atoms with E-state index in [4.69, 9.17) is 27.9 Å². The standard InChI is InChI=1S/C13H9Cl2N3O5/c14-7-1-2-11(9(15)3-7)23-6-12(20)17-13-10(19)4-8(5-16-13)18(21)22/h1-5,19H,6H2,(H,16,17,20). The Hall–Kier alpha value is -2.58. The Labute approximate surface area is 139 Å². The molecule has 8 nitrogen and oxygen atoms in total. The number of benzene rings is 1. The molecule has 1 heterocycles. The van der Waals surface area contributed by atoms with E-state index in [0.29, 0.717) is 5.02 Å². The molecule has 0 saturated carbocycles. The van der Waals surface area contributed by atoms with Crippen LogP contribution in [0.25, 0.3) is 0 Å². The number of nitro groups is 1. The second kappa shape index (κ2) is 7.12. The van der Waals surface area contributed by atoms with Crippen LogP contribution in [0.2, 0.25) is 10.0 Å². The third kappa shape index (κ3) is 4.44. The summed E-state index contributed by atoms with van der Waals surface area (Å²) in [5.74, 6) is -1.12. The third-order valence-corrected chi connectivity index (χ3v) is 3.10. The van der Waals surface area contributed by atoms with Crippen LogP contribution in [0.5, 0.6) is 11.5 Å². The molecule has 0 saturated heterocycles. The van der Waals surface area contributed by atoms with E-state index in [1.54, 1.807) is 6.07 Å². The molecule has 0 aliphatic carbocycles. The van der Waals surface area contributed by atoms with Crippen molar-refractivity contribution in [2.45, 2.75) is 0 Å². The van der Waals surface area contributed by atoms with E-state index < -0.39 is 28.9 Å². The molecule has 0 radical (unpaired) electrons. The van der Waals surface area contributed by atoms with E-state index in [-0.39, 0.29) is 16.6 Å². The third-order valence-electron chi connectivity index (χ3n) is 2.57. The summed E-state index contributed by atoms with van der Waals surface area (Å²) < 4.78 is 5.21. The molecule has 0 bridgehead atoms. The van der Waals surface area contributed by atoms with Gasteiger partial charge < -0.3 is 15.2 Å². The van der Waals surface area contributed by atoms with Gasteiger partial charge in [0.1, 0.15) is 11.9 Å². The fourth-order valence-electron chi connectivity index (χ4n) is 1.54. The zero-order valence-electron chi connectivity index (χ0n) is 11.3. The van der Waals surface area contributed by atoms with Crippen LogP contribution >= 0.6 is 23.2 Å². The number of nitrogens with zero attached hydrogens (tertiary/aromatic N) is 2. The number of hydrogen-bond donors (Lipinski definition) is 2. The van der Waals surface area contributed by atoms with Gasteiger partial charge in [0.25, 0.3) is 11.6 Å². The lowest BCUT2D eigenvalue weighted by atomic mass is 10.3. The first-order valence-electron chi connectivity index (χ1n) is 6.08. The molecule has 2 N–H and O–H groups in total. The molecule has 0 atom stereocenters. The highest BCUT2D eigenvalue weighted by Crippen LogP contribution is 2.28. The zero-order chi connectivity index (χ0) is 17.0. The molecule has 1 amide bonds. The zero-order valence-corrected chi connectivity index (χ0v) is 12.8. The van der Waals surface area contributed by atoms with Crippen molar-refractivity contribution >= 4 is 40.6 Å². The molecular formula is C13H9Cl2N3O5. The number of aromatic hydroxyl groups is 1. The number of carbonyl (C=O) groups excluding carboxylic acids is 1. The summed E-state index contributed by atoms with van der Waals surface area (Å²) in [4.78, 5) is 25.2. The average molecular weight is 358 g/mol. The Bertz CT molecular complexity index is 769. The molecule has 1 aromatic heterocycles. The second-order valence-electron chi connectivity index (χ2n) is 4.23. The summed E-state index contributed by atoms with van der Waals surface area (Å²) in [5.41, 5.74) is -0.398. The van der Waals surface area contributed by atoms with E-state index in [2.05, 4.69) is 10.3 Å². The number of amides is 1. The topological polar surface area (TPSA) is 115 Å². The molecule has 0 spiro atoms. The number of carbonyl (C=O) groups is 1. The van der Waals surface area contributed by atoms with Gasteiger partial charge in [-0.3, -0.25) is 14.9 Å². The lowest BCUT2D eigenvalue weighted by Gasteiger charge is -2.09. The Balaban J connectivity index is 1.98. The summed E-state index contributed by atoms with van der Waals surface area (Å²) in [6, 6.07) is 5.38. The molecule has 120 valence electrons. The van der Waals surface area contributed by atoms with Gasteiger partial charge in [0, 0.05) is 5.02 Å². The molecular weight excluding hydrogens is 349 g/mol. The quantitative estimate of drug-likeness (QED) is 0.627. The van der Waals surface area contributed by atoms with Gasteiger partial charge in [-0.2, -0.15) is 0 Å². The maximum atomic E-state index is 11.7. The first kappa shape index (κ1) is 16.8. The molecule has 23 heavy (non-hydrogen) atoms. The van der Waals surface area contributed by atoms with Crippen molar-refractivity contribution < 1.29 is 19.6 Å². The predicted molar refractivity (Wildman–Crippen MR) is 83.1 cm³/mol. The van der Waals surface area contributed by atoms with Crippen LogP contribution in [-0.4, -0.2) is 27.5 Å². The van der Waals surface area contributed by atoms with Crippen molar-refractivity contribution in [3.05, 3.63) is 50.6 Å². The summed E-state index contributed by atoms with van der Waals surface area (Å²) in [7, 11) is 0. The van der Waals surface area contributed by atoms with Crippen LogP contribution in [0.15, 0.2) is 30.5 Å². The normalized spacial score (nSPS) is 10.2. The first-order valence-corrected chi connectivity index (χ1v) is 6.83. The van der Waals surface area contributed by atoms with Crippen LogP contribution in [0, 0.1) is 10.1 Å². The highest BCUT2D eigenvalue weighted by atomic mass is 35.5. The Morgan fingerprint density at radius 2 is 2.13 bits per heavy atom. The van der Waals surface area contributed by atoms with Crippen LogP contribution in [-0.2, 0) is 4.79 Å². The van der Waals surface area contributed by atoms with E-state index in [9.17, 15) is 20.0 Å². The summed E-state index contributed by atoms with van der Waals surface area (Å²) in [6.45, 7) is -0.403. The second-order valence-corrected chi connectivity index (χ2v) is 5.07. The summed E-state index contributed by atoms with van der Waals surface area (Å²) in [5, 5.41) is 23.0. The van der Waals surface area contributed by atoms with Crippen LogP contribution < -0.4 is 10.1 Å². The van der Waals surface area contributed by atoms with E-state index in [0.717, 1.165) is 12.3 Å². The van der Waals surface area contributed by atoms with Crippen molar-refractivity contribution in [2.75, 3.05) is 11.9 Å². The van der Waals surface area contributed by atoms with Gasteiger partial charge in [0.15, 0.2) is 18.2 Å². The molecule has 1 aromatic carbocycles. The Kier molecular flexibility index (Phi) is 5.20. The van der Waals surface area contributed by atoms with Gasteiger partial charge in [-0.1, -0.05) is 23.2 Å². The molecule has 2 aromatic rings. The Morgan fingerprint density at radius 3 is 2.74 bits per heavy atom. The van der Waals surface area contributed by atoms with Gasteiger partial charge >= 0.3 is 0 Å². The molecule has 2 rings (SSSR count). The monoisotopic (exact) mass is 357 g/mol. The van der Waals surface area contributed by atoms with Crippen LogP contribution in [0.4, 0.5) is 11.5 Å². The van der Waals surface area contributed by atoms with Crippen LogP contribution in [0.1, 0.15) is 0 Å². The minimum atomic E-state index is -0.718. The molecule has 0 unspecified atom stereocenters. The maximum Gasteiger partial charge on any atom is 0.291 e. The molecule has 0 fully saturated rings. The van der Waals surface area contributed by atoms with Gasteiger partial charge in [-0.15, -0.1) is 0 Å². The van der Waals surface area contributed by atoms with Crippen molar-refractivity contribution in [1.82, 2.24) is 4.98 Å².